The fourth-order valence-corrected chi connectivity index (χ4v) is 1.20. The number of carbonyl (C=O) groups excluding carboxylic acids is 1. The Morgan fingerprint density at radius 3 is 2.40 bits per heavy atom. The van der Waals surface area contributed by atoms with E-state index in [1.165, 1.54) is 0 Å². The van der Waals surface area contributed by atoms with E-state index in [1.54, 1.807) is 48.0 Å². The molecule has 0 radical (unpaired) electrons. The third-order valence-electron chi connectivity index (χ3n) is 1.90. The first kappa shape index (κ1) is 9.45. The molecular weight excluding hydrogens is 194 g/mol. The fraction of sp³-hybridized carbons (Fsp3) is 0.222. The highest BCUT2D eigenvalue weighted by molar-refractivity contribution is 6.02. The first-order valence-corrected chi connectivity index (χ1v) is 4.46. The van der Waals surface area contributed by atoms with Gasteiger partial charge in [0.05, 0.1) is 0 Å². The molecule has 2 aromatic heterocycles. The van der Waals surface area contributed by atoms with Crippen molar-refractivity contribution in [2.45, 2.75) is 0 Å². The van der Waals surface area contributed by atoms with Crippen molar-refractivity contribution in [1.29, 1.82) is 0 Å². The van der Waals surface area contributed by atoms with Gasteiger partial charge in [-0.1, -0.05) is 0 Å². The van der Waals surface area contributed by atoms with E-state index in [0.717, 1.165) is 0 Å². The molecule has 0 fully saturated rings. The molecule has 0 bridgehead atoms. The maximum Gasteiger partial charge on any atom is 0.277 e. The van der Waals surface area contributed by atoms with Gasteiger partial charge in [-0.15, -0.1) is 0 Å². The summed E-state index contributed by atoms with van der Waals surface area (Å²) in [4.78, 5) is 11.6. The van der Waals surface area contributed by atoms with Gasteiger partial charge in [-0.2, -0.15) is 10.2 Å². The number of nitrogens with one attached hydrogen (secondary N) is 1. The molecule has 0 aliphatic heterocycles. The molecule has 0 saturated carbocycles. The Morgan fingerprint density at radius 2 is 1.87 bits per heavy atom. The van der Waals surface area contributed by atoms with E-state index in [2.05, 4.69) is 15.5 Å². The molecule has 0 aliphatic carbocycles. The van der Waals surface area contributed by atoms with Gasteiger partial charge in [-0.3, -0.25) is 14.2 Å². The maximum atomic E-state index is 11.6. The predicted octanol–water partition coefficient (Wildman–Crippen LogP) is 0.406. The van der Waals surface area contributed by atoms with E-state index in [0.29, 0.717) is 11.5 Å². The Bertz CT molecular complexity index is 484. The van der Waals surface area contributed by atoms with Gasteiger partial charge in [0.15, 0.2) is 11.5 Å². The lowest BCUT2D eigenvalue weighted by molar-refractivity contribution is 0.102. The smallest absolute Gasteiger partial charge is 0.277 e. The van der Waals surface area contributed by atoms with Crippen LogP contribution < -0.4 is 5.32 Å². The van der Waals surface area contributed by atoms with Gasteiger partial charge in [0.2, 0.25) is 0 Å². The molecular formula is C9H11N5O. The molecule has 0 spiro atoms. The lowest BCUT2D eigenvalue weighted by Crippen LogP contribution is -2.13. The summed E-state index contributed by atoms with van der Waals surface area (Å²) >= 11 is 0. The van der Waals surface area contributed by atoms with Crippen LogP contribution in [0.25, 0.3) is 0 Å². The van der Waals surface area contributed by atoms with Crippen LogP contribution >= 0.6 is 0 Å². The number of aryl methyl sites for hydroxylation is 2. The summed E-state index contributed by atoms with van der Waals surface area (Å²) in [5, 5.41) is 10.7. The second-order valence-corrected chi connectivity index (χ2v) is 3.20. The minimum atomic E-state index is -0.255. The standard InChI is InChI=1S/C9H11N5O/c1-13-5-3-7(11-13)9(15)10-8-4-6-14(2)12-8/h3-6H,1-2H3,(H,10,12,15). The van der Waals surface area contributed by atoms with Crippen LogP contribution in [0.3, 0.4) is 0 Å². The van der Waals surface area contributed by atoms with E-state index in [9.17, 15) is 4.79 Å². The van der Waals surface area contributed by atoms with Crippen molar-refractivity contribution in [2.75, 3.05) is 5.32 Å². The number of hydrogen-bond donors (Lipinski definition) is 1. The molecule has 78 valence electrons. The van der Waals surface area contributed by atoms with Crippen molar-refractivity contribution >= 4 is 11.7 Å². The van der Waals surface area contributed by atoms with Gasteiger partial charge in [-0.25, -0.2) is 0 Å². The van der Waals surface area contributed by atoms with Crippen LogP contribution in [-0.2, 0) is 14.1 Å². The Morgan fingerprint density at radius 1 is 1.20 bits per heavy atom. The number of carbonyl (C=O) groups is 1. The summed E-state index contributed by atoms with van der Waals surface area (Å²) in [6.07, 6.45) is 3.47. The highest BCUT2D eigenvalue weighted by Gasteiger charge is 2.09. The van der Waals surface area contributed by atoms with Crippen LogP contribution in [0.4, 0.5) is 5.82 Å². The van der Waals surface area contributed by atoms with Crippen LogP contribution in [0, 0.1) is 0 Å². The van der Waals surface area contributed by atoms with Gasteiger partial charge in [0.25, 0.3) is 5.91 Å². The fourth-order valence-electron chi connectivity index (χ4n) is 1.20. The largest absolute Gasteiger partial charge is 0.304 e. The van der Waals surface area contributed by atoms with Gasteiger partial charge < -0.3 is 5.32 Å². The zero-order chi connectivity index (χ0) is 10.8. The first-order valence-electron chi connectivity index (χ1n) is 4.46. The molecule has 0 unspecified atom stereocenters. The summed E-state index contributed by atoms with van der Waals surface area (Å²) in [6.45, 7) is 0. The number of amides is 1. The average Bonchev–Trinajstić information content (AvgIpc) is 2.75. The molecule has 0 atom stereocenters. The van der Waals surface area contributed by atoms with Crippen LogP contribution in [0.15, 0.2) is 24.5 Å². The second-order valence-electron chi connectivity index (χ2n) is 3.20. The zero-order valence-electron chi connectivity index (χ0n) is 8.51. The highest BCUT2D eigenvalue weighted by Crippen LogP contribution is 2.03. The highest BCUT2D eigenvalue weighted by atomic mass is 16.2. The minimum absolute atomic E-state index is 0.255. The van der Waals surface area contributed by atoms with Crippen molar-refractivity contribution < 1.29 is 4.79 Å². The second kappa shape index (κ2) is 3.56. The lowest BCUT2D eigenvalue weighted by Gasteiger charge is -1.97. The molecule has 6 heteroatoms. The average molecular weight is 205 g/mol. The van der Waals surface area contributed by atoms with Crippen molar-refractivity contribution in [2.24, 2.45) is 14.1 Å². The Kier molecular flexibility index (Phi) is 2.24. The first-order chi connectivity index (χ1) is 7.15. The zero-order valence-corrected chi connectivity index (χ0v) is 8.51. The molecule has 0 saturated heterocycles. The molecule has 15 heavy (non-hydrogen) atoms. The van der Waals surface area contributed by atoms with Crippen LogP contribution in [0.2, 0.25) is 0 Å². The molecule has 2 heterocycles. The summed E-state index contributed by atoms with van der Waals surface area (Å²) < 4.78 is 3.20. The summed E-state index contributed by atoms with van der Waals surface area (Å²) in [6, 6.07) is 3.37. The maximum absolute atomic E-state index is 11.6. The van der Waals surface area contributed by atoms with Crippen molar-refractivity contribution in [3.8, 4) is 0 Å². The summed E-state index contributed by atoms with van der Waals surface area (Å²) in [5.41, 5.74) is 0.378. The third kappa shape index (κ3) is 2.04. The summed E-state index contributed by atoms with van der Waals surface area (Å²) in [7, 11) is 3.55. The van der Waals surface area contributed by atoms with Gasteiger partial charge in [-0.05, 0) is 6.07 Å². The topological polar surface area (TPSA) is 64.7 Å². The third-order valence-corrected chi connectivity index (χ3v) is 1.90. The van der Waals surface area contributed by atoms with Crippen molar-refractivity contribution in [3.63, 3.8) is 0 Å². The van der Waals surface area contributed by atoms with E-state index in [1.807, 2.05) is 0 Å². The van der Waals surface area contributed by atoms with E-state index >= 15 is 0 Å². The number of rotatable bonds is 2. The number of aromatic nitrogens is 4. The summed E-state index contributed by atoms with van der Waals surface area (Å²) in [5.74, 6) is 0.266. The van der Waals surface area contributed by atoms with Gasteiger partial charge in [0, 0.05) is 32.6 Å². The van der Waals surface area contributed by atoms with Gasteiger partial charge >= 0.3 is 0 Å². The van der Waals surface area contributed by atoms with E-state index < -0.39 is 0 Å². The molecule has 0 aliphatic rings. The Hall–Kier alpha value is -2.11. The molecule has 1 amide bonds. The van der Waals surface area contributed by atoms with Crippen LogP contribution in [0.1, 0.15) is 10.5 Å². The van der Waals surface area contributed by atoms with Crippen LogP contribution in [0.5, 0.6) is 0 Å². The quantitative estimate of drug-likeness (QED) is 0.772. The molecule has 2 aromatic rings. The van der Waals surface area contributed by atoms with E-state index in [4.69, 9.17) is 0 Å². The number of anilines is 1. The van der Waals surface area contributed by atoms with Crippen LogP contribution in [-0.4, -0.2) is 25.5 Å². The molecule has 0 aromatic carbocycles. The number of hydrogen-bond acceptors (Lipinski definition) is 3. The van der Waals surface area contributed by atoms with Gasteiger partial charge in [0.1, 0.15) is 0 Å². The molecule has 1 N–H and O–H groups in total. The SMILES string of the molecule is Cn1ccc(NC(=O)c2ccn(C)n2)n1. The Labute approximate surface area is 86.5 Å². The lowest BCUT2D eigenvalue weighted by atomic mass is 10.4. The molecule has 2 rings (SSSR count). The molecule has 6 nitrogen and oxygen atoms in total. The minimum Gasteiger partial charge on any atom is -0.304 e. The Balaban J connectivity index is 2.10. The van der Waals surface area contributed by atoms with Crippen molar-refractivity contribution in [3.05, 3.63) is 30.2 Å². The van der Waals surface area contributed by atoms with Crippen molar-refractivity contribution in [1.82, 2.24) is 19.6 Å². The predicted molar refractivity (Wildman–Crippen MR) is 54.4 cm³/mol. The monoisotopic (exact) mass is 205 g/mol. The normalized spacial score (nSPS) is 10.3. The number of nitrogens with zero attached hydrogens (tertiary/aromatic N) is 4. The van der Waals surface area contributed by atoms with E-state index in [-0.39, 0.29) is 5.91 Å².